The minimum absolute atomic E-state index is 0.105. The van der Waals surface area contributed by atoms with Gasteiger partial charge in [-0.1, -0.05) is 88.4 Å². The Balaban J connectivity index is 1.49. The molecule has 54 heavy (non-hydrogen) atoms. The Hall–Kier alpha value is -4.82. The van der Waals surface area contributed by atoms with E-state index in [4.69, 9.17) is 9.47 Å². The maximum Gasteiger partial charge on any atom is 0.407 e. The fourth-order valence-corrected chi connectivity index (χ4v) is 6.87. The molecule has 12 nitrogen and oxygen atoms in total. The number of hydrogen-bond donors (Lipinski definition) is 3. The highest BCUT2D eigenvalue weighted by molar-refractivity contribution is 7.09. The number of benzene rings is 2. The Bertz CT molecular complexity index is 1740. The average molecular weight is 777 g/mol. The second-order valence-corrected chi connectivity index (χ2v) is 15.9. The van der Waals surface area contributed by atoms with Crippen LogP contribution in [-0.2, 0) is 45.1 Å². The lowest BCUT2D eigenvalue weighted by molar-refractivity contribution is -0.146. The molecule has 4 aromatic rings. The molecule has 4 amide bonds. The number of hydrogen-bond acceptors (Lipinski definition) is 10. The number of carbonyl (C=O) groups excluding carboxylic acids is 4. The first-order valence-corrected chi connectivity index (χ1v) is 20.0. The summed E-state index contributed by atoms with van der Waals surface area (Å²) in [4.78, 5) is 64.3. The van der Waals surface area contributed by atoms with Crippen molar-refractivity contribution < 1.29 is 28.7 Å². The lowest BCUT2D eigenvalue weighted by Gasteiger charge is -2.27. The van der Waals surface area contributed by atoms with Crippen LogP contribution in [0.4, 0.5) is 9.59 Å². The number of nitrogens with one attached hydrogen (secondary N) is 3. The van der Waals surface area contributed by atoms with Crippen LogP contribution in [0.3, 0.4) is 0 Å². The second-order valence-electron chi connectivity index (χ2n) is 14.0. The van der Waals surface area contributed by atoms with Gasteiger partial charge in [-0.3, -0.25) is 14.6 Å². The van der Waals surface area contributed by atoms with Crippen LogP contribution >= 0.6 is 22.7 Å². The summed E-state index contributed by atoms with van der Waals surface area (Å²) in [5, 5.41) is 11.8. The van der Waals surface area contributed by atoms with Crippen LogP contribution in [0.5, 0.6) is 0 Å². The van der Waals surface area contributed by atoms with Gasteiger partial charge in [0.25, 0.3) is 0 Å². The first kappa shape index (κ1) is 41.9. The van der Waals surface area contributed by atoms with Crippen LogP contribution in [-0.4, -0.2) is 70.6 Å². The van der Waals surface area contributed by atoms with Gasteiger partial charge in [0.05, 0.1) is 40.7 Å². The number of esters is 1. The molecule has 0 aliphatic carbocycles. The van der Waals surface area contributed by atoms with Crippen molar-refractivity contribution in [2.24, 2.45) is 5.92 Å². The van der Waals surface area contributed by atoms with E-state index >= 15 is 0 Å². The van der Waals surface area contributed by atoms with E-state index in [1.54, 1.807) is 18.8 Å². The smallest absolute Gasteiger partial charge is 0.407 e. The third kappa shape index (κ3) is 14.9. The average Bonchev–Trinajstić information content (AvgIpc) is 3.85. The van der Waals surface area contributed by atoms with Crippen LogP contribution in [0, 0.1) is 5.92 Å². The number of alkyl carbamates (subject to hydrolysis) is 1. The van der Waals surface area contributed by atoms with Crippen molar-refractivity contribution in [2.45, 2.75) is 97.0 Å². The topological polar surface area (TPSA) is 152 Å². The van der Waals surface area contributed by atoms with Gasteiger partial charge in [-0.05, 0) is 42.7 Å². The molecule has 0 aliphatic heterocycles. The molecule has 0 saturated carbocycles. The van der Waals surface area contributed by atoms with Crippen LogP contribution in [0.2, 0.25) is 0 Å². The minimum Gasteiger partial charge on any atom is -0.465 e. The van der Waals surface area contributed by atoms with E-state index < -0.39 is 36.1 Å². The van der Waals surface area contributed by atoms with E-state index in [1.165, 1.54) is 27.6 Å². The zero-order valence-electron chi connectivity index (χ0n) is 31.7. The van der Waals surface area contributed by atoms with Gasteiger partial charge in [0.2, 0.25) is 5.91 Å². The van der Waals surface area contributed by atoms with Crippen molar-refractivity contribution in [2.75, 3.05) is 13.7 Å². The second kappa shape index (κ2) is 21.8. The Kier molecular flexibility index (Phi) is 16.9. The predicted octanol–water partition coefficient (Wildman–Crippen LogP) is 6.87. The van der Waals surface area contributed by atoms with Crippen molar-refractivity contribution in [3.05, 3.63) is 104 Å². The first-order chi connectivity index (χ1) is 25.9. The third-order valence-corrected chi connectivity index (χ3v) is 10.3. The van der Waals surface area contributed by atoms with Crippen molar-refractivity contribution in [1.29, 1.82) is 0 Å². The number of rotatable bonds is 20. The zero-order valence-corrected chi connectivity index (χ0v) is 33.3. The molecule has 2 heterocycles. The maximum atomic E-state index is 14.1. The van der Waals surface area contributed by atoms with E-state index in [0.717, 1.165) is 26.7 Å². The lowest BCUT2D eigenvalue weighted by Crippen LogP contribution is -2.53. The minimum atomic E-state index is -1.19. The molecule has 0 spiro atoms. The number of urea groups is 1. The summed E-state index contributed by atoms with van der Waals surface area (Å²) in [6.07, 6.45) is 2.80. The van der Waals surface area contributed by atoms with Crippen LogP contribution < -0.4 is 16.0 Å². The summed E-state index contributed by atoms with van der Waals surface area (Å²) >= 11 is 2.95. The van der Waals surface area contributed by atoms with Crippen molar-refractivity contribution in [1.82, 2.24) is 30.8 Å². The molecular weight excluding hydrogens is 725 g/mol. The Morgan fingerprint density at radius 1 is 0.815 bits per heavy atom. The standard InChI is InChI=1S/C40H52N6O6S2/c1-27(2)23-51-36(47)20-35(45-39(49)46(5)22-33-25-53-38(43-33)28(3)4)37(48)42-31(18-29-12-8-6-9-13-29)16-17-32(19-30-14-10-7-11-15-30)44-40(50)52-24-34-21-41-26-54-34/h6-15,21,25-28,31-32,35H,16-20,22-24H2,1-5H3,(H,42,48)(H,44,50)(H,45,49)/t31-,32-,35+/m1/s1. The number of ether oxygens (including phenoxy) is 2. The molecule has 3 N–H and O–H groups in total. The van der Waals surface area contributed by atoms with Crippen molar-refractivity contribution in [3.63, 3.8) is 0 Å². The van der Waals surface area contributed by atoms with Gasteiger partial charge in [-0.2, -0.15) is 0 Å². The fraction of sp³-hybridized carbons (Fsp3) is 0.450. The molecule has 0 aliphatic rings. The molecule has 0 radical (unpaired) electrons. The SMILES string of the molecule is CC(C)COC(=O)C[C@H](NC(=O)N(C)Cc1csc(C(C)C)n1)C(=O)N[C@H](CC[C@H](Cc1ccccc1)NC(=O)OCc1cncs1)Cc1ccccc1. The van der Waals surface area contributed by atoms with Crippen LogP contribution in [0.15, 0.2) is 77.8 Å². The van der Waals surface area contributed by atoms with Crippen LogP contribution in [0.1, 0.15) is 79.6 Å². The summed E-state index contributed by atoms with van der Waals surface area (Å²) in [6, 6.07) is 17.2. The molecule has 0 fully saturated rings. The van der Waals surface area contributed by atoms with Gasteiger partial charge in [-0.25, -0.2) is 14.6 Å². The molecule has 14 heteroatoms. The predicted molar refractivity (Wildman–Crippen MR) is 211 cm³/mol. The molecule has 4 rings (SSSR count). The summed E-state index contributed by atoms with van der Waals surface area (Å²) in [7, 11) is 1.62. The maximum absolute atomic E-state index is 14.1. The molecule has 290 valence electrons. The number of amides is 4. The lowest BCUT2D eigenvalue weighted by atomic mass is 9.95. The van der Waals surface area contributed by atoms with E-state index in [-0.39, 0.29) is 44.1 Å². The normalized spacial score (nSPS) is 12.8. The number of carbonyl (C=O) groups is 4. The molecule has 0 saturated heterocycles. The monoisotopic (exact) mass is 776 g/mol. The molecule has 2 aromatic heterocycles. The Morgan fingerprint density at radius 2 is 1.44 bits per heavy atom. The quantitative estimate of drug-likeness (QED) is 0.0824. The van der Waals surface area contributed by atoms with Crippen molar-refractivity contribution >= 4 is 46.7 Å². The Morgan fingerprint density at radius 3 is 2.00 bits per heavy atom. The highest BCUT2D eigenvalue weighted by Gasteiger charge is 2.29. The molecular formula is C40H52N6O6S2. The summed E-state index contributed by atoms with van der Waals surface area (Å²) in [6.45, 7) is 8.52. The van der Waals surface area contributed by atoms with Gasteiger partial charge in [0, 0.05) is 36.6 Å². The molecule has 0 unspecified atom stereocenters. The zero-order chi connectivity index (χ0) is 38.9. The van der Waals surface area contributed by atoms with Gasteiger partial charge >= 0.3 is 18.1 Å². The number of nitrogens with zero attached hydrogens (tertiary/aromatic N) is 3. The van der Waals surface area contributed by atoms with Crippen LogP contribution in [0.25, 0.3) is 0 Å². The highest BCUT2D eigenvalue weighted by Crippen LogP contribution is 2.20. The number of aromatic nitrogens is 2. The highest BCUT2D eigenvalue weighted by atomic mass is 32.1. The molecule has 0 bridgehead atoms. The van der Waals surface area contributed by atoms with E-state index in [9.17, 15) is 19.2 Å². The van der Waals surface area contributed by atoms with E-state index in [1.807, 2.05) is 79.9 Å². The van der Waals surface area contributed by atoms with E-state index in [0.29, 0.717) is 25.7 Å². The summed E-state index contributed by atoms with van der Waals surface area (Å²) in [5.41, 5.74) is 4.47. The first-order valence-electron chi connectivity index (χ1n) is 18.3. The summed E-state index contributed by atoms with van der Waals surface area (Å²) < 4.78 is 10.9. The van der Waals surface area contributed by atoms with E-state index in [2.05, 4.69) is 39.8 Å². The van der Waals surface area contributed by atoms with Crippen molar-refractivity contribution in [3.8, 4) is 0 Å². The number of thiazole rings is 2. The largest absolute Gasteiger partial charge is 0.465 e. The molecule has 2 aromatic carbocycles. The molecule has 3 atom stereocenters. The van der Waals surface area contributed by atoms with Gasteiger partial charge < -0.3 is 30.3 Å². The van der Waals surface area contributed by atoms with Gasteiger partial charge in [-0.15, -0.1) is 22.7 Å². The summed E-state index contributed by atoms with van der Waals surface area (Å²) in [5.74, 6) is -0.722. The van der Waals surface area contributed by atoms with Gasteiger partial charge in [0.15, 0.2) is 0 Å². The Labute approximate surface area is 326 Å². The van der Waals surface area contributed by atoms with Gasteiger partial charge in [0.1, 0.15) is 12.6 Å². The fourth-order valence-electron chi connectivity index (χ4n) is 5.54. The third-order valence-electron chi connectivity index (χ3n) is 8.38.